The highest BCUT2D eigenvalue weighted by atomic mass is 16.5. The van der Waals surface area contributed by atoms with Crippen LogP contribution in [0.15, 0.2) is 12.2 Å². The molecule has 0 spiro atoms. The second-order valence-electron chi connectivity index (χ2n) is 15.4. The first-order valence-corrected chi connectivity index (χ1v) is 22.5. The first-order valence-electron chi connectivity index (χ1n) is 22.5. The number of hydrogen-bond donors (Lipinski definition) is 3. The molecule has 0 aromatic heterocycles. The van der Waals surface area contributed by atoms with Crippen LogP contribution in [-0.2, 0) is 14.3 Å². The Morgan fingerprint density at radius 1 is 0.529 bits per heavy atom. The monoisotopic (exact) mass is 722 g/mol. The van der Waals surface area contributed by atoms with Gasteiger partial charge < -0.3 is 20.3 Å². The van der Waals surface area contributed by atoms with Gasteiger partial charge in [0.25, 0.3) is 0 Å². The van der Waals surface area contributed by atoms with Gasteiger partial charge in [-0.2, -0.15) is 0 Å². The molecule has 0 aromatic rings. The van der Waals surface area contributed by atoms with Crippen molar-refractivity contribution < 1.29 is 24.5 Å². The third kappa shape index (κ3) is 38.1. The molecule has 0 fully saturated rings. The fourth-order valence-corrected chi connectivity index (χ4v) is 6.81. The molecule has 0 aliphatic heterocycles. The summed E-state index contributed by atoms with van der Waals surface area (Å²) < 4.78 is 5.44. The van der Waals surface area contributed by atoms with E-state index >= 15 is 0 Å². The standard InChI is InChI=1S/C45H87NO5/c1-3-5-7-9-11-13-15-16-18-23-27-31-35-39-45(50)51-40-36-32-28-24-20-19-22-26-30-34-38-44(49)46-42(41-47)43(48)37-33-29-25-21-17-14-12-10-8-6-4-2/h33,37,42-43,47-48H,3-32,34-36,38-41H2,1-2H3,(H,46,49)/b37-33+. The lowest BCUT2D eigenvalue weighted by molar-refractivity contribution is -0.143. The van der Waals surface area contributed by atoms with Crippen LogP contribution in [0.3, 0.4) is 0 Å². The van der Waals surface area contributed by atoms with Crippen LogP contribution in [0.2, 0.25) is 0 Å². The number of aliphatic hydroxyl groups is 2. The second-order valence-corrected chi connectivity index (χ2v) is 15.4. The molecule has 0 bridgehead atoms. The zero-order valence-corrected chi connectivity index (χ0v) is 34.1. The number of rotatable bonds is 41. The summed E-state index contributed by atoms with van der Waals surface area (Å²) in [7, 11) is 0. The number of amides is 1. The van der Waals surface area contributed by atoms with Crippen molar-refractivity contribution in [2.75, 3.05) is 13.2 Å². The first kappa shape index (κ1) is 49.6. The quantitative estimate of drug-likeness (QED) is 0.0332. The number of esters is 1. The van der Waals surface area contributed by atoms with Crippen LogP contribution in [0, 0.1) is 0 Å². The van der Waals surface area contributed by atoms with Crippen molar-refractivity contribution >= 4 is 11.9 Å². The van der Waals surface area contributed by atoms with E-state index in [1.807, 2.05) is 6.08 Å². The number of ether oxygens (including phenoxy) is 1. The minimum atomic E-state index is -0.855. The van der Waals surface area contributed by atoms with Crippen molar-refractivity contribution in [1.29, 1.82) is 0 Å². The molecule has 0 rings (SSSR count). The van der Waals surface area contributed by atoms with Gasteiger partial charge in [0, 0.05) is 12.8 Å². The number of carbonyl (C=O) groups is 2. The Morgan fingerprint density at radius 3 is 1.33 bits per heavy atom. The van der Waals surface area contributed by atoms with Gasteiger partial charge in [0.15, 0.2) is 0 Å². The largest absolute Gasteiger partial charge is 0.466 e. The maximum Gasteiger partial charge on any atom is 0.305 e. The average Bonchev–Trinajstić information content (AvgIpc) is 3.13. The van der Waals surface area contributed by atoms with Gasteiger partial charge in [-0.15, -0.1) is 0 Å². The molecule has 302 valence electrons. The van der Waals surface area contributed by atoms with Gasteiger partial charge in [0.05, 0.1) is 25.4 Å². The molecule has 6 heteroatoms. The number of unbranched alkanes of at least 4 members (excludes halogenated alkanes) is 30. The minimum absolute atomic E-state index is 0.0201. The molecule has 2 atom stereocenters. The SMILES string of the molecule is CCCCCCCCCCC/C=C/C(O)C(CO)NC(=O)CCCCCCCCCCCCOC(=O)CCCCCCCCCCCCCCC. The summed E-state index contributed by atoms with van der Waals surface area (Å²) >= 11 is 0. The molecule has 0 saturated carbocycles. The third-order valence-electron chi connectivity index (χ3n) is 10.3. The van der Waals surface area contributed by atoms with Crippen LogP contribution in [0.25, 0.3) is 0 Å². The molecule has 0 heterocycles. The van der Waals surface area contributed by atoms with Crippen molar-refractivity contribution in [3.63, 3.8) is 0 Å². The van der Waals surface area contributed by atoms with Crippen LogP contribution >= 0.6 is 0 Å². The Morgan fingerprint density at radius 2 is 0.902 bits per heavy atom. The summed E-state index contributed by atoms with van der Waals surface area (Å²) in [6, 6.07) is -0.641. The number of carbonyl (C=O) groups excluding carboxylic acids is 2. The highest BCUT2D eigenvalue weighted by Gasteiger charge is 2.18. The van der Waals surface area contributed by atoms with E-state index in [1.54, 1.807) is 6.08 Å². The molecule has 0 radical (unpaired) electrons. The molecule has 0 aliphatic rings. The predicted octanol–water partition coefficient (Wildman–Crippen LogP) is 12.6. The van der Waals surface area contributed by atoms with Gasteiger partial charge >= 0.3 is 5.97 Å². The van der Waals surface area contributed by atoms with E-state index < -0.39 is 12.1 Å². The summed E-state index contributed by atoms with van der Waals surface area (Å²) in [6.45, 7) is 4.83. The maximum atomic E-state index is 12.4. The lowest BCUT2D eigenvalue weighted by atomic mass is 10.0. The van der Waals surface area contributed by atoms with Gasteiger partial charge in [-0.3, -0.25) is 9.59 Å². The maximum absolute atomic E-state index is 12.4. The lowest BCUT2D eigenvalue weighted by Gasteiger charge is -2.20. The molecule has 1 amide bonds. The molecular weight excluding hydrogens is 634 g/mol. The van der Waals surface area contributed by atoms with Crippen LogP contribution in [0.1, 0.15) is 239 Å². The highest BCUT2D eigenvalue weighted by molar-refractivity contribution is 5.76. The van der Waals surface area contributed by atoms with Gasteiger partial charge in [-0.05, 0) is 32.1 Å². The van der Waals surface area contributed by atoms with E-state index in [0.29, 0.717) is 19.4 Å². The van der Waals surface area contributed by atoms with Crippen LogP contribution in [0.4, 0.5) is 0 Å². The Bertz CT molecular complexity index is 757. The molecular formula is C45H87NO5. The smallest absolute Gasteiger partial charge is 0.305 e. The molecule has 0 saturated heterocycles. The van der Waals surface area contributed by atoms with E-state index in [4.69, 9.17) is 4.74 Å². The highest BCUT2D eigenvalue weighted by Crippen LogP contribution is 2.15. The topological polar surface area (TPSA) is 95.9 Å². The van der Waals surface area contributed by atoms with Crippen LogP contribution in [-0.4, -0.2) is 47.4 Å². The Hall–Kier alpha value is -1.40. The Kier molecular flexibility index (Phi) is 40.2. The zero-order valence-electron chi connectivity index (χ0n) is 34.1. The van der Waals surface area contributed by atoms with E-state index in [0.717, 1.165) is 57.8 Å². The number of nitrogens with one attached hydrogen (secondary N) is 1. The van der Waals surface area contributed by atoms with E-state index in [9.17, 15) is 19.8 Å². The van der Waals surface area contributed by atoms with Crippen molar-refractivity contribution in [1.82, 2.24) is 5.32 Å². The van der Waals surface area contributed by atoms with Crippen LogP contribution < -0.4 is 5.32 Å². The third-order valence-corrected chi connectivity index (χ3v) is 10.3. The fourth-order valence-electron chi connectivity index (χ4n) is 6.81. The van der Waals surface area contributed by atoms with E-state index in [2.05, 4.69) is 19.2 Å². The van der Waals surface area contributed by atoms with Gasteiger partial charge in [0.1, 0.15) is 0 Å². The molecule has 51 heavy (non-hydrogen) atoms. The lowest BCUT2D eigenvalue weighted by Crippen LogP contribution is -2.45. The molecule has 6 nitrogen and oxygen atoms in total. The number of hydrogen-bond acceptors (Lipinski definition) is 5. The fraction of sp³-hybridized carbons (Fsp3) is 0.911. The summed E-state index contributed by atoms with van der Waals surface area (Å²) in [4.78, 5) is 24.3. The molecule has 0 aromatic carbocycles. The van der Waals surface area contributed by atoms with E-state index in [1.165, 1.54) is 154 Å². The normalized spacial score (nSPS) is 12.8. The zero-order chi connectivity index (χ0) is 37.3. The van der Waals surface area contributed by atoms with Crippen LogP contribution in [0.5, 0.6) is 0 Å². The first-order chi connectivity index (χ1) is 25.0. The van der Waals surface area contributed by atoms with Gasteiger partial charge in [0.2, 0.25) is 5.91 Å². The second kappa shape index (κ2) is 41.4. The predicted molar refractivity (Wildman–Crippen MR) is 218 cm³/mol. The van der Waals surface area contributed by atoms with E-state index in [-0.39, 0.29) is 18.5 Å². The molecule has 2 unspecified atom stereocenters. The Balaban J connectivity index is 3.50. The summed E-state index contributed by atoms with van der Waals surface area (Å²) in [5.74, 6) is -0.112. The molecule has 0 aliphatic carbocycles. The van der Waals surface area contributed by atoms with Crippen molar-refractivity contribution in [3.05, 3.63) is 12.2 Å². The summed E-state index contributed by atoms with van der Waals surface area (Å²) in [6.07, 6.45) is 44.8. The summed E-state index contributed by atoms with van der Waals surface area (Å²) in [5.41, 5.74) is 0. The van der Waals surface area contributed by atoms with Gasteiger partial charge in [-0.1, -0.05) is 206 Å². The van der Waals surface area contributed by atoms with Crippen molar-refractivity contribution in [3.8, 4) is 0 Å². The van der Waals surface area contributed by atoms with Crippen molar-refractivity contribution in [2.24, 2.45) is 0 Å². The Labute approximate surface area is 317 Å². The average molecular weight is 722 g/mol. The van der Waals surface area contributed by atoms with Gasteiger partial charge in [-0.25, -0.2) is 0 Å². The molecule has 3 N–H and O–H groups in total. The summed E-state index contributed by atoms with van der Waals surface area (Å²) in [5, 5.41) is 22.9. The number of allylic oxidation sites excluding steroid dienone is 1. The van der Waals surface area contributed by atoms with Crippen molar-refractivity contribution in [2.45, 2.75) is 251 Å². The minimum Gasteiger partial charge on any atom is -0.466 e. The number of aliphatic hydroxyl groups excluding tert-OH is 2.